The molecule has 1 saturated heterocycles. The molecule has 112 valence electrons. The Morgan fingerprint density at radius 1 is 1.33 bits per heavy atom. The summed E-state index contributed by atoms with van der Waals surface area (Å²) < 4.78 is 7.08. The molecule has 0 saturated carbocycles. The van der Waals surface area contributed by atoms with E-state index in [0.717, 1.165) is 43.0 Å². The normalized spacial score (nSPS) is 18.4. The van der Waals surface area contributed by atoms with Gasteiger partial charge in [-0.2, -0.15) is 5.10 Å². The smallest absolute Gasteiger partial charge is 0.292 e. The first-order valence-electron chi connectivity index (χ1n) is 7.30. The van der Waals surface area contributed by atoms with Gasteiger partial charge in [0.15, 0.2) is 0 Å². The number of carbonyl (C=O) groups is 1. The summed E-state index contributed by atoms with van der Waals surface area (Å²) >= 11 is 0. The van der Waals surface area contributed by atoms with Gasteiger partial charge in [-0.25, -0.2) is 0 Å². The van der Waals surface area contributed by atoms with Crippen molar-refractivity contribution in [2.45, 2.75) is 46.2 Å². The Kier molecular flexibility index (Phi) is 3.53. The lowest BCUT2D eigenvalue weighted by atomic mass is 10.2. The maximum Gasteiger partial charge on any atom is 0.292 e. The van der Waals surface area contributed by atoms with Crippen molar-refractivity contribution < 1.29 is 9.32 Å². The Labute approximate surface area is 123 Å². The second kappa shape index (κ2) is 5.35. The average Bonchev–Trinajstić information content (AvgIpc) is 3.12. The largest absolute Gasteiger partial charge is 0.351 e. The molecule has 6 nitrogen and oxygen atoms in total. The summed E-state index contributed by atoms with van der Waals surface area (Å²) in [4.78, 5) is 14.4. The van der Waals surface area contributed by atoms with Crippen LogP contribution in [0.25, 0.3) is 0 Å². The summed E-state index contributed by atoms with van der Waals surface area (Å²) in [6, 6.07) is 3.92. The van der Waals surface area contributed by atoms with Crippen molar-refractivity contribution in [2.75, 3.05) is 6.54 Å². The van der Waals surface area contributed by atoms with Crippen molar-refractivity contribution in [1.29, 1.82) is 0 Å². The van der Waals surface area contributed by atoms with Crippen LogP contribution in [-0.4, -0.2) is 38.3 Å². The number of aryl methyl sites for hydroxylation is 3. The van der Waals surface area contributed by atoms with Crippen molar-refractivity contribution in [2.24, 2.45) is 0 Å². The zero-order chi connectivity index (χ0) is 15.0. The molecule has 1 unspecified atom stereocenters. The van der Waals surface area contributed by atoms with E-state index < -0.39 is 0 Å². The summed E-state index contributed by atoms with van der Waals surface area (Å²) in [5.74, 6) is 0.257. The highest BCUT2D eigenvalue weighted by molar-refractivity contribution is 5.91. The van der Waals surface area contributed by atoms with Gasteiger partial charge in [0.1, 0.15) is 0 Å². The molecule has 3 rings (SSSR count). The highest BCUT2D eigenvalue weighted by atomic mass is 16.5. The zero-order valence-electron chi connectivity index (χ0n) is 12.7. The Hall–Kier alpha value is -2.11. The van der Waals surface area contributed by atoms with Crippen LogP contribution >= 0.6 is 0 Å². The van der Waals surface area contributed by atoms with E-state index in [4.69, 9.17) is 4.52 Å². The molecule has 2 aromatic rings. The lowest BCUT2D eigenvalue weighted by Crippen LogP contribution is -2.38. The first-order chi connectivity index (χ1) is 10.0. The number of amides is 1. The van der Waals surface area contributed by atoms with Crippen LogP contribution in [0.2, 0.25) is 0 Å². The van der Waals surface area contributed by atoms with Crippen molar-refractivity contribution in [1.82, 2.24) is 19.8 Å². The third-order valence-electron chi connectivity index (χ3n) is 3.96. The molecule has 0 radical (unpaired) electrons. The molecule has 6 heteroatoms. The lowest BCUT2D eigenvalue weighted by molar-refractivity contribution is 0.0679. The van der Waals surface area contributed by atoms with Crippen molar-refractivity contribution in [3.63, 3.8) is 0 Å². The minimum Gasteiger partial charge on any atom is -0.351 e. The van der Waals surface area contributed by atoms with Gasteiger partial charge < -0.3 is 9.42 Å². The summed E-state index contributed by atoms with van der Waals surface area (Å²) in [5, 5.41) is 8.28. The monoisotopic (exact) mass is 288 g/mol. The van der Waals surface area contributed by atoms with E-state index in [1.54, 1.807) is 6.07 Å². The standard InChI is InChI=1S/C15H20N4O2/c1-10-7-12(3)19(16-10)9-13-5-4-6-18(13)15(20)14-8-11(2)17-21-14/h7-8,13H,4-6,9H2,1-3H3. The Bertz CT molecular complexity index is 658. The number of hydrogen-bond donors (Lipinski definition) is 0. The molecule has 1 aliphatic heterocycles. The minimum atomic E-state index is -0.0698. The highest BCUT2D eigenvalue weighted by Crippen LogP contribution is 2.22. The maximum absolute atomic E-state index is 12.5. The highest BCUT2D eigenvalue weighted by Gasteiger charge is 2.32. The minimum absolute atomic E-state index is 0.0698. The number of likely N-dealkylation sites (tertiary alicyclic amines) is 1. The lowest BCUT2D eigenvalue weighted by Gasteiger charge is -2.24. The van der Waals surface area contributed by atoms with Crippen molar-refractivity contribution in [3.8, 4) is 0 Å². The van der Waals surface area contributed by atoms with E-state index in [9.17, 15) is 4.79 Å². The molecule has 0 spiro atoms. The molecular weight excluding hydrogens is 268 g/mol. The summed E-state index contributed by atoms with van der Waals surface area (Å²) in [5.41, 5.74) is 2.86. The van der Waals surface area contributed by atoms with Gasteiger partial charge in [0.25, 0.3) is 5.91 Å². The van der Waals surface area contributed by atoms with Crippen LogP contribution in [0.4, 0.5) is 0 Å². The molecule has 0 aliphatic carbocycles. The van der Waals surface area contributed by atoms with Gasteiger partial charge in [-0.15, -0.1) is 0 Å². The zero-order valence-corrected chi connectivity index (χ0v) is 12.7. The van der Waals surface area contributed by atoms with Gasteiger partial charge in [0.05, 0.1) is 24.0 Å². The van der Waals surface area contributed by atoms with E-state index in [0.29, 0.717) is 5.76 Å². The average molecular weight is 288 g/mol. The second-order valence-electron chi connectivity index (χ2n) is 5.74. The quantitative estimate of drug-likeness (QED) is 0.867. The summed E-state index contributed by atoms with van der Waals surface area (Å²) in [6.07, 6.45) is 2.01. The summed E-state index contributed by atoms with van der Waals surface area (Å²) in [7, 11) is 0. The number of nitrogens with zero attached hydrogens (tertiary/aromatic N) is 4. The Balaban J connectivity index is 1.76. The maximum atomic E-state index is 12.5. The van der Waals surface area contributed by atoms with Crippen molar-refractivity contribution >= 4 is 5.91 Å². The van der Waals surface area contributed by atoms with Crippen LogP contribution in [-0.2, 0) is 6.54 Å². The van der Waals surface area contributed by atoms with Crippen LogP contribution in [0.5, 0.6) is 0 Å². The fraction of sp³-hybridized carbons (Fsp3) is 0.533. The molecule has 1 aliphatic rings. The number of aromatic nitrogens is 3. The SMILES string of the molecule is Cc1cc(C(=O)N2CCCC2Cn2nc(C)cc2C)on1. The molecule has 2 aromatic heterocycles. The molecule has 0 N–H and O–H groups in total. The van der Waals surface area contributed by atoms with E-state index in [2.05, 4.69) is 16.3 Å². The number of hydrogen-bond acceptors (Lipinski definition) is 4. The van der Waals surface area contributed by atoms with Gasteiger partial charge in [-0.05, 0) is 39.7 Å². The van der Waals surface area contributed by atoms with Crippen LogP contribution in [0, 0.1) is 20.8 Å². The fourth-order valence-corrected chi connectivity index (χ4v) is 2.96. The van der Waals surface area contributed by atoms with Crippen LogP contribution in [0.15, 0.2) is 16.7 Å². The molecule has 1 atom stereocenters. The molecule has 3 heterocycles. The van der Waals surface area contributed by atoms with Crippen LogP contribution in [0.1, 0.15) is 40.5 Å². The van der Waals surface area contributed by atoms with Crippen LogP contribution in [0.3, 0.4) is 0 Å². The molecular formula is C15H20N4O2. The molecule has 0 bridgehead atoms. The Morgan fingerprint density at radius 3 is 2.76 bits per heavy atom. The second-order valence-corrected chi connectivity index (χ2v) is 5.74. The van der Waals surface area contributed by atoms with Gasteiger partial charge in [0, 0.05) is 18.3 Å². The van der Waals surface area contributed by atoms with E-state index in [1.165, 1.54) is 0 Å². The van der Waals surface area contributed by atoms with Gasteiger partial charge in [-0.1, -0.05) is 5.16 Å². The fourth-order valence-electron chi connectivity index (χ4n) is 2.96. The predicted octanol–water partition coefficient (Wildman–Crippen LogP) is 2.10. The molecule has 1 fully saturated rings. The van der Waals surface area contributed by atoms with Gasteiger partial charge in [0.2, 0.25) is 5.76 Å². The first kappa shape index (κ1) is 13.9. The van der Waals surface area contributed by atoms with Gasteiger partial charge >= 0.3 is 0 Å². The van der Waals surface area contributed by atoms with E-state index in [1.807, 2.05) is 30.4 Å². The molecule has 1 amide bonds. The third kappa shape index (κ3) is 2.70. The number of rotatable bonds is 3. The van der Waals surface area contributed by atoms with E-state index >= 15 is 0 Å². The molecule has 21 heavy (non-hydrogen) atoms. The van der Waals surface area contributed by atoms with E-state index in [-0.39, 0.29) is 11.9 Å². The topological polar surface area (TPSA) is 64.2 Å². The third-order valence-corrected chi connectivity index (χ3v) is 3.96. The first-order valence-corrected chi connectivity index (χ1v) is 7.30. The Morgan fingerprint density at radius 2 is 2.14 bits per heavy atom. The van der Waals surface area contributed by atoms with Crippen molar-refractivity contribution in [3.05, 3.63) is 35.0 Å². The summed E-state index contributed by atoms with van der Waals surface area (Å²) in [6.45, 7) is 7.35. The molecule has 0 aromatic carbocycles. The predicted molar refractivity (Wildman–Crippen MR) is 77.0 cm³/mol. The van der Waals surface area contributed by atoms with Gasteiger partial charge in [-0.3, -0.25) is 9.48 Å². The van der Waals surface area contributed by atoms with Crippen LogP contribution < -0.4 is 0 Å². The number of carbonyl (C=O) groups excluding carboxylic acids is 1.